The van der Waals surface area contributed by atoms with Crippen LogP contribution in [-0.2, 0) is 14.3 Å². The lowest BCUT2D eigenvalue weighted by Crippen LogP contribution is -2.60. The maximum absolute atomic E-state index is 13.1. The van der Waals surface area contributed by atoms with Crippen LogP contribution < -0.4 is 0 Å². The van der Waals surface area contributed by atoms with Crippen LogP contribution in [0.3, 0.4) is 0 Å². The Morgan fingerprint density at radius 3 is 2.43 bits per heavy atom. The first-order valence-corrected chi connectivity index (χ1v) is 11.7. The third-order valence-corrected chi connectivity index (χ3v) is 10.1. The summed E-state index contributed by atoms with van der Waals surface area (Å²) in [5.74, 6) is 4.49. The van der Waals surface area contributed by atoms with Gasteiger partial charge in [-0.1, -0.05) is 34.6 Å². The lowest BCUT2D eigenvalue weighted by Gasteiger charge is -2.62. The predicted molar refractivity (Wildman–Crippen MR) is 111 cm³/mol. The van der Waals surface area contributed by atoms with Crippen LogP contribution in [0, 0.1) is 46.3 Å². The largest absolute Gasteiger partial charge is 0.370 e. The van der Waals surface area contributed by atoms with E-state index in [-0.39, 0.29) is 10.8 Å². The Morgan fingerprint density at radius 1 is 1.07 bits per heavy atom. The van der Waals surface area contributed by atoms with E-state index in [0.717, 1.165) is 38.0 Å². The van der Waals surface area contributed by atoms with Gasteiger partial charge in [-0.3, -0.25) is 9.59 Å². The van der Waals surface area contributed by atoms with E-state index in [0.29, 0.717) is 47.6 Å². The molecule has 4 rings (SSSR count). The highest BCUT2D eigenvalue weighted by atomic mass is 16.5. The average Bonchev–Trinajstić information content (AvgIpc) is 2.94. The van der Waals surface area contributed by atoms with Crippen molar-refractivity contribution in [2.24, 2.45) is 46.3 Å². The monoisotopic (exact) mass is 388 g/mol. The van der Waals surface area contributed by atoms with E-state index < -0.39 is 5.60 Å². The van der Waals surface area contributed by atoms with E-state index in [4.69, 9.17) is 4.74 Å². The molecule has 0 N–H and O–H groups in total. The fourth-order valence-electron chi connectivity index (χ4n) is 8.91. The minimum atomic E-state index is -0.577. The maximum Gasteiger partial charge on any atom is 0.164 e. The molecular weight excluding hydrogens is 348 g/mol. The lowest BCUT2D eigenvalue weighted by molar-refractivity contribution is -0.180. The second-order valence-electron chi connectivity index (χ2n) is 11.5. The van der Waals surface area contributed by atoms with Crippen LogP contribution in [0.2, 0.25) is 0 Å². The Balaban J connectivity index is 1.71. The number of ether oxygens (including phenoxy) is 1. The number of hydrogen-bond donors (Lipinski definition) is 0. The van der Waals surface area contributed by atoms with Crippen molar-refractivity contribution in [2.75, 3.05) is 7.11 Å². The molecule has 0 heterocycles. The van der Waals surface area contributed by atoms with E-state index in [1.807, 2.05) is 6.92 Å². The third kappa shape index (κ3) is 2.57. The van der Waals surface area contributed by atoms with Crippen molar-refractivity contribution in [3.8, 4) is 0 Å². The van der Waals surface area contributed by atoms with Gasteiger partial charge in [-0.15, -0.1) is 0 Å². The minimum absolute atomic E-state index is 0.0351. The van der Waals surface area contributed by atoms with Crippen molar-refractivity contribution in [3.63, 3.8) is 0 Å². The molecule has 4 aliphatic rings. The topological polar surface area (TPSA) is 43.4 Å². The Kier molecular flexibility index (Phi) is 4.89. The number of fused-ring (bicyclic) bond motifs is 5. The maximum atomic E-state index is 13.1. The summed E-state index contributed by atoms with van der Waals surface area (Å²) < 4.78 is 6.10. The number of methoxy groups -OCH3 is 1. The Morgan fingerprint density at radius 2 is 1.79 bits per heavy atom. The zero-order valence-corrected chi connectivity index (χ0v) is 18.8. The number of carbonyl (C=O) groups is 2. The van der Waals surface area contributed by atoms with Crippen LogP contribution in [0.1, 0.15) is 86.0 Å². The van der Waals surface area contributed by atoms with Gasteiger partial charge in [0.15, 0.2) is 5.78 Å². The van der Waals surface area contributed by atoms with Gasteiger partial charge < -0.3 is 4.74 Å². The van der Waals surface area contributed by atoms with Gasteiger partial charge in [-0.25, -0.2) is 0 Å². The van der Waals surface area contributed by atoms with Crippen LogP contribution in [0.4, 0.5) is 0 Å². The van der Waals surface area contributed by atoms with Crippen molar-refractivity contribution >= 4 is 11.6 Å². The molecule has 0 radical (unpaired) electrons. The molecule has 8 atom stereocenters. The summed E-state index contributed by atoms with van der Waals surface area (Å²) in [5.41, 5.74) is -0.402. The molecule has 4 aliphatic carbocycles. The highest BCUT2D eigenvalue weighted by Gasteiger charge is 2.67. The Bertz CT molecular complexity index is 667. The van der Waals surface area contributed by atoms with Gasteiger partial charge in [0.05, 0.1) is 0 Å². The van der Waals surface area contributed by atoms with Gasteiger partial charge >= 0.3 is 0 Å². The smallest absolute Gasteiger partial charge is 0.164 e. The van der Waals surface area contributed by atoms with Crippen molar-refractivity contribution in [1.29, 1.82) is 0 Å². The lowest BCUT2D eigenvalue weighted by atomic mass is 9.43. The average molecular weight is 389 g/mol. The number of hydrogen-bond acceptors (Lipinski definition) is 3. The number of rotatable bonds is 3. The van der Waals surface area contributed by atoms with Crippen molar-refractivity contribution in [3.05, 3.63) is 0 Å². The van der Waals surface area contributed by atoms with Crippen LogP contribution in [0.5, 0.6) is 0 Å². The van der Waals surface area contributed by atoms with Gasteiger partial charge in [-0.05, 0) is 73.0 Å². The summed E-state index contributed by atoms with van der Waals surface area (Å²) >= 11 is 0. The fourth-order valence-corrected chi connectivity index (χ4v) is 8.91. The van der Waals surface area contributed by atoms with E-state index in [1.54, 1.807) is 7.11 Å². The van der Waals surface area contributed by atoms with Gasteiger partial charge in [0.1, 0.15) is 11.4 Å². The molecule has 3 nitrogen and oxygen atoms in total. The van der Waals surface area contributed by atoms with Gasteiger partial charge in [0, 0.05) is 31.8 Å². The summed E-state index contributed by atoms with van der Waals surface area (Å²) in [4.78, 5) is 25.5. The van der Waals surface area contributed by atoms with Crippen LogP contribution in [-0.4, -0.2) is 24.3 Å². The van der Waals surface area contributed by atoms with E-state index in [9.17, 15) is 9.59 Å². The molecule has 0 aromatic rings. The summed E-state index contributed by atoms with van der Waals surface area (Å²) in [6.45, 7) is 11.5. The van der Waals surface area contributed by atoms with Crippen molar-refractivity contribution in [1.82, 2.24) is 0 Å². The Labute approximate surface area is 171 Å². The van der Waals surface area contributed by atoms with Crippen LogP contribution in [0.25, 0.3) is 0 Å². The first-order valence-electron chi connectivity index (χ1n) is 11.7. The SMILES string of the molecule is CCC(=O)C1(OC)CCC2C3CC(C)(C)C4CC(=O)CC(C)C4C3CC[C@@]21C. The molecule has 7 unspecified atom stereocenters. The van der Waals surface area contributed by atoms with Crippen LogP contribution >= 0.6 is 0 Å². The van der Waals surface area contributed by atoms with Gasteiger partial charge in [0.2, 0.25) is 0 Å². The molecular formula is C25H40O3. The van der Waals surface area contributed by atoms with Gasteiger partial charge in [0.25, 0.3) is 0 Å². The highest BCUT2D eigenvalue weighted by molar-refractivity contribution is 5.88. The number of ketones is 2. The second kappa shape index (κ2) is 6.65. The molecule has 0 saturated heterocycles. The molecule has 28 heavy (non-hydrogen) atoms. The molecule has 0 spiro atoms. The number of carbonyl (C=O) groups excluding carboxylic acids is 2. The summed E-state index contributed by atoms with van der Waals surface area (Å²) in [6, 6.07) is 0. The van der Waals surface area contributed by atoms with Crippen molar-refractivity contribution in [2.45, 2.75) is 91.6 Å². The molecule has 0 amide bonds. The summed E-state index contributed by atoms with van der Waals surface area (Å²) in [7, 11) is 1.77. The second-order valence-corrected chi connectivity index (χ2v) is 11.5. The summed E-state index contributed by atoms with van der Waals surface area (Å²) in [6.07, 6.45) is 7.67. The van der Waals surface area contributed by atoms with Crippen LogP contribution in [0.15, 0.2) is 0 Å². The number of Topliss-reactive ketones (excluding diaryl/α,β-unsaturated/α-hetero) is 2. The zero-order valence-electron chi connectivity index (χ0n) is 18.8. The first-order chi connectivity index (χ1) is 13.1. The molecule has 0 bridgehead atoms. The molecule has 0 aromatic carbocycles. The first kappa shape index (κ1) is 20.6. The molecule has 0 aromatic heterocycles. The zero-order chi connectivity index (χ0) is 20.5. The minimum Gasteiger partial charge on any atom is -0.370 e. The van der Waals surface area contributed by atoms with E-state index in [2.05, 4.69) is 27.7 Å². The van der Waals surface area contributed by atoms with Gasteiger partial charge in [-0.2, -0.15) is 0 Å². The fraction of sp³-hybridized carbons (Fsp3) is 0.920. The molecule has 4 fully saturated rings. The third-order valence-electron chi connectivity index (χ3n) is 10.1. The normalized spacial score (nSPS) is 49.9. The van der Waals surface area contributed by atoms with E-state index in [1.165, 1.54) is 12.8 Å². The quantitative estimate of drug-likeness (QED) is 0.645. The standard InChI is InChI=1S/C25H40O3/c1-7-21(27)25(28-6)11-9-19-18-14-23(3,4)20-13-16(26)12-15(2)22(20)17(18)8-10-24(19,25)5/h15,17-20,22H,7-14H2,1-6H3/t15?,17?,18?,19?,20?,22?,24-,25?/m0/s1. The molecule has 3 heteroatoms. The molecule has 158 valence electrons. The van der Waals surface area contributed by atoms with Crippen molar-refractivity contribution < 1.29 is 14.3 Å². The predicted octanol–water partition coefficient (Wildman–Crippen LogP) is 5.45. The summed E-state index contributed by atoms with van der Waals surface area (Å²) in [5, 5.41) is 0. The molecule has 0 aliphatic heterocycles. The highest BCUT2D eigenvalue weighted by Crippen LogP contribution is 2.69. The molecule has 4 saturated carbocycles. The van der Waals surface area contributed by atoms with E-state index >= 15 is 0 Å². The Hall–Kier alpha value is -0.700.